The Bertz CT molecular complexity index is 318. The van der Waals surface area contributed by atoms with Gasteiger partial charge in [-0.15, -0.1) is 0 Å². The zero-order chi connectivity index (χ0) is 15.0. The van der Waals surface area contributed by atoms with Crippen LogP contribution in [-0.2, 0) is 0 Å². The van der Waals surface area contributed by atoms with Gasteiger partial charge in [0.2, 0.25) is 0 Å². The van der Waals surface area contributed by atoms with Gasteiger partial charge in [0.15, 0.2) is 0 Å². The van der Waals surface area contributed by atoms with Crippen LogP contribution in [0, 0.1) is 11.3 Å². The number of allylic oxidation sites excluding steroid dienone is 2. The number of hydrogen-bond acceptors (Lipinski definition) is 3. The minimum atomic E-state index is 0.492. The third kappa shape index (κ3) is 4.62. The van der Waals surface area contributed by atoms with Gasteiger partial charge in [0.1, 0.15) is 0 Å². The Morgan fingerprint density at radius 3 is 2.60 bits per heavy atom. The van der Waals surface area contributed by atoms with Crippen LogP contribution in [0.25, 0.3) is 0 Å². The Hall–Kier alpha value is -0.830. The SMILES string of the molecule is C=NN(CC1(C(C)CC)CC1)/C(=C\C)CCCNCC. The predicted octanol–water partition coefficient (Wildman–Crippen LogP) is 4.02. The molecule has 1 fully saturated rings. The highest BCUT2D eigenvalue weighted by atomic mass is 15.5. The summed E-state index contributed by atoms with van der Waals surface area (Å²) < 4.78 is 0. The average molecular weight is 279 g/mol. The molecule has 1 saturated carbocycles. The summed E-state index contributed by atoms with van der Waals surface area (Å²) in [5.41, 5.74) is 1.82. The molecule has 1 aliphatic rings. The Labute approximate surface area is 125 Å². The van der Waals surface area contributed by atoms with Crippen LogP contribution in [0.4, 0.5) is 0 Å². The van der Waals surface area contributed by atoms with Crippen molar-refractivity contribution in [2.24, 2.45) is 16.4 Å². The minimum Gasteiger partial charge on any atom is -0.317 e. The highest BCUT2D eigenvalue weighted by Crippen LogP contribution is 2.54. The fourth-order valence-corrected chi connectivity index (χ4v) is 2.93. The number of nitrogens with one attached hydrogen (secondary N) is 1. The molecule has 0 spiro atoms. The molecule has 0 aliphatic heterocycles. The van der Waals surface area contributed by atoms with E-state index in [1.54, 1.807) is 0 Å². The van der Waals surface area contributed by atoms with Crippen LogP contribution in [0.15, 0.2) is 16.9 Å². The first-order valence-corrected chi connectivity index (χ1v) is 8.23. The van der Waals surface area contributed by atoms with Crippen molar-refractivity contribution in [3.05, 3.63) is 11.8 Å². The van der Waals surface area contributed by atoms with Gasteiger partial charge in [0, 0.05) is 19.0 Å². The smallest absolute Gasteiger partial charge is 0.0470 e. The third-order valence-corrected chi connectivity index (χ3v) is 4.89. The summed E-state index contributed by atoms with van der Waals surface area (Å²) >= 11 is 0. The molecule has 1 atom stereocenters. The second kappa shape index (κ2) is 8.46. The van der Waals surface area contributed by atoms with Crippen molar-refractivity contribution in [3.63, 3.8) is 0 Å². The summed E-state index contributed by atoms with van der Waals surface area (Å²) in [5, 5.41) is 9.83. The van der Waals surface area contributed by atoms with Gasteiger partial charge >= 0.3 is 0 Å². The van der Waals surface area contributed by atoms with Gasteiger partial charge in [-0.3, -0.25) is 5.01 Å². The summed E-state index contributed by atoms with van der Waals surface area (Å²) in [6.45, 7) is 15.9. The van der Waals surface area contributed by atoms with E-state index in [1.165, 1.54) is 25.0 Å². The van der Waals surface area contributed by atoms with Crippen LogP contribution in [0.3, 0.4) is 0 Å². The van der Waals surface area contributed by atoms with Gasteiger partial charge in [-0.05, 0) is 57.0 Å². The van der Waals surface area contributed by atoms with Gasteiger partial charge in [0.05, 0.1) is 0 Å². The van der Waals surface area contributed by atoms with Crippen molar-refractivity contribution < 1.29 is 0 Å². The van der Waals surface area contributed by atoms with Crippen molar-refractivity contribution in [1.82, 2.24) is 10.3 Å². The highest BCUT2D eigenvalue weighted by Gasteiger charge is 2.47. The average Bonchev–Trinajstić information content (AvgIpc) is 3.25. The monoisotopic (exact) mass is 279 g/mol. The van der Waals surface area contributed by atoms with Gasteiger partial charge in [-0.1, -0.05) is 33.3 Å². The zero-order valence-electron chi connectivity index (χ0n) is 13.9. The molecule has 1 unspecified atom stereocenters. The van der Waals surface area contributed by atoms with E-state index in [1.807, 2.05) is 0 Å². The van der Waals surface area contributed by atoms with Crippen molar-refractivity contribution in [1.29, 1.82) is 0 Å². The lowest BCUT2D eigenvalue weighted by atomic mass is 9.88. The third-order valence-electron chi connectivity index (χ3n) is 4.89. The van der Waals surface area contributed by atoms with Crippen LogP contribution in [0.5, 0.6) is 0 Å². The first-order chi connectivity index (χ1) is 9.63. The van der Waals surface area contributed by atoms with Crippen molar-refractivity contribution >= 4 is 6.72 Å². The normalized spacial score (nSPS) is 18.7. The topological polar surface area (TPSA) is 27.6 Å². The molecule has 0 amide bonds. The molecule has 20 heavy (non-hydrogen) atoms. The van der Waals surface area contributed by atoms with Crippen molar-refractivity contribution in [2.75, 3.05) is 19.6 Å². The van der Waals surface area contributed by atoms with E-state index >= 15 is 0 Å². The molecule has 116 valence electrons. The standard InChI is InChI=1S/C17H33N3/c1-6-15(4)17(11-12-17)14-20(18-5)16(7-2)10-9-13-19-8-3/h7,15,19H,5-6,8-14H2,1-4H3/b16-7-. The maximum absolute atomic E-state index is 4.29. The quantitative estimate of drug-likeness (QED) is 0.351. The molecule has 0 aromatic heterocycles. The molecule has 1 N–H and O–H groups in total. The summed E-state index contributed by atoms with van der Waals surface area (Å²) in [5.74, 6) is 0.784. The lowest BCUT2D eigenvalue weighted by Crippen LogP contribution is -2.29. The Morgan fingerprint density at radius 1 is 1.45 bits per heavy atom. The molecular weight excluding hydrogens is 246 g/mol. The van der Waals surface area contributed by atoms with E-state index in [9.17, 15) is 0 Å². The predicted molar refractivity (Wildman–Crippen MR) is 88.9 cm³/mol. The molecule has 0 saturated heterocycles. The molecule has 3 heteroatoms. The van der Waals surface area contributed by atoms with Gasteiger partial charge in [0.25, 0.3) is 0 Å². The number of nitrogens with zero attached hydrogens (tertiary/aromatic N) is 2. The maximum Gasteiger partial charge on any atom is 0.0470 e. The fourth-order valence-electron chi connectivity index (χ4n) is 2.93. The van der Waals surface area contributed by atoms with Gasteiger partial charge < -0.3 is 5.32 Å². The maximum atomic E-state index is 4.29. The van der Waals surface area contributed by atoms with Crippen LogP contribution < -0.4 is 5.32 Å². The molecule has 1 rings (SSSR count). The second-order valence-electron chi connectivity index (χ2n) is 6.11. The summed E-state index contributed by atoms with van der Waals surface area (Å²) in [6.07, 6.45) is 8.41. The number of hydrogen-bond donors (Lipinski definition) is 1. The van der Waals surface area contributed by atoms with E-state index in [4.69, 9.17) is 0 Å². The number of hydrazone groups is 1. The molecule has 0 heterocycles. The first-order valence-electron chi connectivity index (χ1n) is 8.23. The first kappa shape index (κ1) is 17.2. The van der Waals surface area contributed by atoms with Crippen LogP contribution in [0.2, 0.25) is 0 Å². The molecule has 3 nitrogen and oxygen atoms in total. The van der Waals surface area contributed by atoms with E-state index in [2.05, 4.69) is 55.9 Å². The molecular formula is C17H33N3. The van der Waals surface area contributed by atoms with Gasteiger partial charge in [-0.25, -0.2) is 0 Å². The zero-order valence-corrected chi connectivity index (χ0v) is 13.9. The summed E-state index contributed by atoms with van der Waals surface area (Å²) in [6, 6.07) is 0. The van der Waals surface area contributed by atoms with E-state index < -0.39 is 0 Å². The molecule has 0 bridgehead atoms. The van der Waals surface area contributed by atoms with E-state index in [0.717, 1.165) is 38.4 Å². The highest BCUT2D eigenvalue weighted by molar-refractivity contribution is 5.24. The van der Waals surface area contributed by atoms with E-state index in [-0.39, 0.29) is 0 Å². The van der Waals surface area contributed by atoms with Crippen LogP contribution in [-0.4, -0.2) is 31.4 Å². The van der Waals surface area contributed by atoms with Crippen molar-refractivity contribution in [2.45, 2.75) is 59.8 Å². The fraction of sp³-hybridized carbons (Fsp3) is 0.824. The van der Waals surface area contributed by atoms with Crippen LogP contribution >= 0.6 is 0 Å². The molecule has 1 aliphatic carbocycles. The second-order valence-corrected chi connectivity index (χ2v) is 6.11. The van der Waals surface area contributed by atoms with Gasteiger partial charge in [-0.2, -0.15) is 5.10 Å². The Kier molecular flexibility index (Phi) is 7.28. The Morgan fingerprint density at radius 2 is 2.15 bits per heavy atom. The minimum absolute atomic E-state index is 0.492. The van der Waals surface area contributed by atoms with Crippen LogP contribution in [0.1, 0.15) is 59.8 Å². The molecule has 0 radical (unpaired) electrons. The molecule has 0 aromatic rings. The molecule has 0 aromatic carbocycles. The lowest BCUT2D eigenvalue weighted by molar-refractivity contribution is 0.212. The largest absolute Gasteiger partial charge is 0.317 e. The van der Waals surface area contributed by atoms with Crippen molar-refractivity contribution in [3.8, 4) is 0 Å². The summed E-state index contributed by atoms with van der Waals surface area (Å²) in [7, 11) is 0. The number of rotatable bonds is 11. The lowest BCUT2D eigenvalue weighted by Gasteiger charge is -2.30. The Balaban J connectivity index is 2.53. The van der Waals surface area contributed by atoms with E-state index in [0.29, 0.717) is 5.41 Å². The summed E-state index contributed by atoms with van der Waals surface area (Å²) in [4.78, 5) is 0.